The van der Waals surface area contributed by atoms with Crippen LogP contribution in [0.5, 0.6) is 0 Å². The van der Waals surface area contributed by atoms with Crippen molar-refractivity contribution in [3.63, 3.8) is 0 Å². The van der Waals surface area contributed by atoms with Crippen molar-refractivity contribution in [1.82, 2.24) is 19.8 Å². The molecule has 0 atom stereocenters. The van der Waals surface area contributed by atoms with Crippen LogP contribution in [-0.4, -0.2) is 40.4 Å². The Kier molecular flexibility index (Phi) is 6.88. The molecule has 0 aliphatic carbocycles. The normalized spacial score (nSPS) is 10.9. The molecule has 0 bridgehead atoms. The molecule has 4 aromatic rings. The second kappa shape index (κ2) is 10.0. The molecule has 0 saturated carbocycles. The summed E-state index contributed by atoms with van der Waals surface area (Å²) in [6, 6.07) is 15.2. The molecule has 1 N–H and O–H groups in total. The average molecular weight is 475 g/mol. The molecule has 2 aromatic heterocycles. The Bertz CT molecular complexity index is 1390. The zero-order valence-electron chi connectivity index (χ0n) is 19.4. The lowest BCUT2D eigenvalue weighted by atomic mass is 10.1. The summed E-state index contributed by atoms with van der Waals surface area (Å²) in [5.41, 5.74) is 4.36. The van der Waals surface area contributed by atoms with E-state index in [1.165, 1.54) is 22.2 Å². The van der Waals surface area contributed by atoms with Gasteiger partial charge in [-0.25, -0.2) is 4.98 Å². The molecule has 34 heavy (non-hydrogen) atoms. The van der Waals surface area contributed by atoms with E-state index in [-0.39, 0.29) is 30.3 Å². The lowest BCUT2D eigenvalue weighted by molar-refractivity contribution is -0.130. The fourth-order valence-electron chi connectivity index (χ4n) is 3.75. The van der Waals surface area contributed by atoms with Gasteiger partial charge in [0.2, 0.25) is 5.91 Å². The number of amides is 2. The van der Waals surface area contributed by atoms with Crippen molar-refractivity contribution in [3.8, 4) is 11.1 Å². The summed E-state index contributed by atoms with van der Waals surface area (Å²) in [4.78, 5) is 44.4. The highest BCUT2D eigenvalue weighted by Gasteiger charge is 2.15. The van der Waals surface area contributed by atoms with Crippen molar-refractivity contribution in [2.45, 2.75) is 26.4 Å². The van der Waals surface area contributed by atoms with Crippen molar-refractivity contribution < 1.29 is 9.59 Å². The molecule has 4 rings (SSSR count). The second-order valence-electron chi connectivity index (χ2n) is 8.21. The monoisotopic (exact) mass is 474 g/mol. The molecular weight excluding hydrogens is 448 g/mol. The zero-order valence-corrected chi connectivity index (χ0v) is 20.2. The number of nitrogens with zero attached hydrogens (tertiary/aromatic N) is 3. The van der Waals surface area contributed by atoms with Crippen LogP contribution in [0.1, 0.15) is 27.9 Å². The fourth-order valence-corrected chi connectivity index (χ4v) is 4.65. The molecule has 0 saturated heterocycles. The van der Waals surface area contributed by atoms with E-state index in [9.17, 15) is 14.4 Å². The lowest BCUT2D eigenvalue weighted by Crippen LogP contribution is -2.29. The minimum absolute atomic E-state index is 0.0774. The standard InChI is InChI=1S/C26H26N4O3S/c1-17-4-8-19(9-5-17)21-15-34-25-23(21)26(33)30(16-28-25)13-12-22(31)29(3)14-18-6-10-20(11-7-18)24(32)27-2/h4-11,15-16H,12-14H2,1-3H3,(H,27,32). The maximum absolute atomic E-state index is 13.2. The summed E-state index contributed by atoms with van der Waals surface area (Å²) < 4.78 is 1.51. The third-order valence-electron chi connectivity index (χ3n) is 5.78. The van der Waals surface area contributed by atoms with Crippen molar-refractivity contribution in [2.75, 3.05) is 14.1 Å². The first kappa shape index (κ1) is 23.4. The van der Waals surface area contributed by atoms with Crippen molar-refractivity contribution in [2.24, 2.45) is 0 Å². The van der Waals surface area contributed by atoms with Crippen molar-refractivity contribution in [1.29, 1.82) is 0 Å². The van der Waals surface area contributed by atoms with E-state index >= 15 is 0 Å². The molecular formula is C26H26N4O3S. The molecule has 0 spiro atoms. The average Bonchev–Trinajstić information content (AvgIpc) is 3.29. The number of thiophene rings is 1. The number of aromatic nitrogens is 2. The quantitative estimate of drug-likeness (QED) is 0.441. The van der Waals surface area contributed by atoms with Crippen molar-refractivity contribution in [3.05, 3.63) is 87.3 Å². The highest BCUT2D eigenvalue weighted by Crippen LogP contribution is 2.30. The number of fused-ring (bicyclic) bond motifs is 1. The summed E-state index contributed by atoms with van der Waals surface area (Å²) >= 11 is 1.45. The minimum Gasteiger partial charge on any atom is -0.355 e. The summed E-state index contributed by atoms with van der Waals surface area (Å²) in [6.07, 6.45) is 1.70. The number of hydrogen-bond acceptors (Lipinski definition) is 5. The van der Waals surface area contributed by atoms with Crippen LogP contribution in [0.2, 0.25) is 0 Å². The Morgan fingerprint density at radius 2 is 1.79 bits per heavy atom. The lowest BCUT2D eigenvalue weighted by Gasteiger charge is -2.18. The minimum atomic E-state index is -0.150. The number of aryl methyl sites for hydroxylation is 2. The SMILES string of the molecule is CNC(=O)c1ccc(CN(C)C(=O)CCn2cnc3scc(-c4ccc(C)cc4)c3c2=O)cc1. The largest absolute Gasteiger partial charge is 0.355 e. The Balaban J connectivity index is 1.45. The first-order chi connectivity index (χ1) is 16.4. The molecule has 174 valence electrons. The fraction of sp³-hybridized carbons (Fsp3) is 0.231. The zero-order chi connectivity index (χ0) is 24.2. The predicted octanol–water partition coefficient (Wildman–Crippen LogP) is 3.84. The van der Waals surface area contributed by atoms with Crippen LogP contribution in [0.25, 0.3) is 21.3 Å². The number of carbonyl (C=O) groups excluding carboxylic acids is 2. The van der Waals surface area contributed by atoms with Gasteiger partial charge in [-0.15, -0.1) is 11.3 Å². The Hall–Kier alpha value is -3.78. The molecule has 0 fully saturated rings. The van der Waals surface area contributed by atoms with Gasteiger partial charge in [-0.3, -0.25) is 19.0 Å². The van der Waals surface area contributed by atoms with Crippen LogP contribution in [0.4, 0.5) is 0 Å². The van der Waals surface area contributed by atoms with Crippen LogP contribution >= 0.6 is 11.3 Å². The van der Waals surface area contributed by atoms with Gasteiger partial charge >= 0.3 is 0 Å². The van der Waals surface area contributed by atoms with Crippen LogP contribution in [-0.2, 0) is 17.9 Å². The molecule has 2 heterocycles. The molecule has 2 amide bonds. The molecule has 7 nitrogen and oxygen atoms in total. The van der Waals surface area contributed by atoms with E-state index in [1.807, 2.05) is 48.7 Å². The molecule has 2 aromatic carbocycles. The number of rotatable bonds is 7. The van der Waals surface area contributed by atoms with Crippen LogP contribution < -0.4 is 10.9 Å². The van der Waals surface area contributed by atoms with E-state index < -0.39 is 0 Å². The molecule has 8 heteroatoms. The van der Waals surface area contributed by atoms with Gasteiger partial charge < -0.3 is 10.2 Å². The Morgan fingerprint density at radius 3 is 2.47 bits per heavy atom. The summed E-state index contributed by atoms with van der Waals surface area (Å²) in [7, 11) is 3.32. The van der Waals surface area contributed by atoms with Gasteiger partial charge in [0.1, 0.15) is 4.83 Å². The molecule has 0 radical (unpaired) electrons. The highest BCUT2D eigenvalue weighted by atomic mass is 32.1. The first-order valence-electron chi connectivity index (χ1n) is 11.0. The second-order valence-corrected chi connectivity index (χ2v) is 9.07. The van der Waals surface area contributed by atoms with Gasteiger partial charge in [0.15, 0.2) is 0 Å². The van der Waals surface area contributed by atoms with Gasteiger partial charge in [-0.05, 0) is 30.2 Å². The number of benzene rings is 2. The number of carbonyl (C=O) groups is 2. The van der Waals surface area contributed by atoms with Crippen LogP contribution in [0, 0.1) is 6.92 Å². The van der Waals surface area contributed by atoms with E-state index in [0.29, 0.717) is 22.3 Å². The summed E-state index contributed by atoms with van der Waals surface area (Å²) in [5.74, 6) is -0.227. The first-order valence-corrected chi connectivity index (χ1v) is 11.8. The maximum atomic E-state index is 13.2. The maximum Gasteiger partial charge on any atom is 0.262 e. The number of hydrogen-bond donors (Lipinski definition) is 1. The topological polar surface area (TPSA) is 84.3 Å². The predicted molar refractivity (Wildman–Crippen MR) is 135 cm³/mol. The molecule has 0 aliphatic rings. The third kappa shape index (κ3) is 4.92. The van der Waals surface area contributed by atoms with E-state index in [0.717, 1.165) is 22.3 Å². The Morgan fingerprint density at radius 1 is 1.09 bits per heavy atom. The van der Waals surface area contributed by atoms with Gasteiger partial charge in [0.05, 0.1) is 11.7 Å². The third-order valence-corrected chi connectivity index (χ3v) is 6.66. The Labute approximate surface area is 201 Å². The summed E-state index contributed by atoms with van der Waals surface area (Å²) in [5, 5.41) is 5.14. The number of nitrogens with one attached hydrogen (secondary N) is 1. The van der Waals surface area contributed by atoms with Gasteiger partial charge in [-0.1, -0.05) is 42.0 Å². The molecule has 0 aliphatic heterocycles. The van der Waals surface area contributed by atoms with Gasteiger partial charge in [0, 0.05) is 50.1 Å². The summed E-state index contributed by atoms with van der Waals surface area (Å²) in [6.45, 7) is 2.70. The highest BCUT2D eigenvalue weighted by molar-refractivity contribution is 7.17. The van der Waals surface area contributed by atoms with E-state index in [1.54, 1.807) is 31.1 Å². The van der Waals surface area contributed by atoms with E-state index in [4.69, 9.17) is 0 Å². The van der Waals surface area contributed by atoms with Crippen LogP contribution in [0.3, 0.4) is 0 Å². The van der Waals surface area contributed by atoms with Gasteiger partial charge in [-0.2, -0.15) is 0 Å². The molecule has 0 unspecified atom stereocenters. The van der Waals surface area contributed by atoms with Crippen molar-refractivity contribution >= 4 is 33.4 Å². The van der Waals surface area contributed by atoms with Crippen LogP contribution in [0.15, 0.2) is 65.0 Å². The smallest absolute Gasteiger partial charge is 0.262 e. The van der Waals surface area contributed by atoms with Gasteiger partial charge in [0.25, 0.3) is 11.5 Å². The van der Waals surface area contributed by atoms with E-state index in [2.05, 4.69) is 10.3 Å².